The molecule has 0 aliphatic carbocycles. The molecule has 1 atom stereocenters. The highest BCUT2D eigenvalue weighted by Crippen LogP contribution is 2.18. The first-order chi connectivity index (χ1) is 16.5. The molecule has 0 aliphatic heterocycles. The van der Waals surface area contributed by atoms with Gasteiger partial charge in [0.2, 0.25) is 0 Å². The van der Waals surface area contributed by atoms with E-state index in [0.29, 0.717) is 17.7 Å². The molecule has 0 fully saturated rings. The molecule has 0 radical (unpaired) electrons. The SMILES string of the molecule is COc1ccc(CCC(=O)OCC(=O)Nc2ccccc2C(=O)NC(C)c2ccccc2)cc1. The molecular weight excluding hydrogens is 432 g/mol. The summed E-state index contributed by atoms with van der Waals surface area (Å²) in [5.41, 5.74) is 2.61. The third kappa shape index (κ3) is 7.20. The summed E-state index contributed by atoms with van der Waals surface area (Å²) < 4.78 is 10.2. The summed E-state index contributed by atoms with van der Waals surface area (Å²) in [7, 11) is 1.59. The minimum Gasteiger partial charge on any atom is -0.497 e. The van der Waals surface area contributed by atoms with Gasteiger partial charge < -0.3 is 20.1 Å². The number of hydrogen-bond acceptors (Lipinski definition) is 5. The van der Waals surface area contributed by atoms with Gasteiger partial charge in [-0.15, -0.1) is 0 Å². The Kier molecular flexibility index (Phi) is 8.80. The molecule has 3 rings (SSSR count). The summed E-state index contributed by atoms with van der Waals surface area (Å²) >= 11 is 0. The number of carbonyl (C=O) groups excluding carboxylic acids is 3. The first kappa shape index (κ1) is 24.5. The van der Waals surface area contributed by atoms with Crippen molar-refractivity contribution in [1.29, 1.82) is 0 Å². The molecule has 1 unspecified atom stereocenters. The minimum atomic E-state index is -0.519. The number of ether oxygens (including phenoxy) is 2. The molecule has 34 heavy (non-hydrogen) atoms. The molecule has 3 aromatic rings. The van der Waals surface area contributed by atoms with Crippen LogP contribution in [0, 0.1) is 0 Å². The molecule has 0 bridgehead atoms. The average molecular weight is 461 g/mol. The first-order valence-corrected chi connectivity index (χ1v) is 11.0. The van der Waals surface area contributed by atoms with E-state index in [-0.39, 0.29) is 18.4 Å². The Morgan fingerprint density at radius 1 is 0.882 bits per heavy atom. The molecule has 3 aromatic carbocycles. The van der Waals surface area contributed by atoms with Crippen LogP contribution in [0.2, 0.25) is 0 Å². The fourth-order valence-electron chi connectivity index (χ4n) is 3.33. The van der Waals surface area contributed by atoms with Crippen molar-refractivity contribution in [1.82, 2.24) is 5.32 Å². The summed E-state index contributed by atoms with van der Waals surface area (Å²) in [6.45, 7) is 1.46. The second kappa shape index (κ2) is 12.2. The van der Waals surface area contributed by atoms with E-state index in [1.807, 2.05) is 61.5 Å². The van der Waals surface area contributed by atoms with Gasteiger partial charge in [-0.3, -0.25) is 14.4 Å². The predicted molar refractivity (Wildman–Crippen MR) is 130 cm³/mol. The van der Waals surface area contributed by atoms with E-state index in [2.05, 4.69) is 10.6 Å². The number of esters is 1. The van der Waals surface area contributed by atoms with Crippen molar-refractivity contribution < 1.29 is 23.9 Å². The zero-order chi connectivity index (χ0) is 24.3. The molecule has 2 N–H and O–H groups in total. The van der Waals surface area contributed by atoms with Gasteiger partial charge in [-0.25, -0.2) is 0 Å². The van der Waals surface area contributed by atoms with Crippen LogP contribution in [-0.4, -0.2) is 31.5 Å². The lowest BCUT2D eigenvalue weighted by atomic mass is 10.1. The van der Waals surface area contributed by atoms with Crippen LogP contribution in [0.1, 0.15) is 40.9 Å². The van der Waals surface area contributed by atoms with Gasteiger partial charge in [-0.2, -0.15) is 0 Å². The van der Waals surface area contributed by atoms with Gasteiger partial charge in [0.1, 0.15) is 5.75 Å². The van der Waals surface area contributed by atoms with E-state index in [1.54, 1.807) is 31.4 Å². The van der Waals surface area contributed by atoms with E-state index in [0.717, 1.165) is 16.9 Å². The molecule has 7 nitrogen and oxygen atoms in total. The maximum absolute atomic E-state index is 12.8. The second-order valence-corrected chi connectivity index (χ2v) is 7.71. The van der Waals surface area contributed by atoms with E-state index >= 15 is 0 Å². The van der Waals surface area contributed by atoms with E-state index in [4.69, 9.17) is 9.47 Å². The molecule has 0 saturated heterocycles. The summed E-state index contributed by atoms with van der Waals surface area (Å²) in [5, 5.41) is 5.59. The molecule has 0 spiro atoms. The number of amides is 2. The van der Waals surface area contributed by atoms with Gasteiger partial charge in [-0.1, -0.05) is 54.6 Å². The molecule has 0 aromatic heterocycles. The maximum Gasteiger partial charge on any atom is 0.306 e. The molecule has 7 heteroatoms. The largest absolute Gasteiger partial charge is 0.497 e. The molecular formula is C27H28N2O5. The number of aryl methyl sites for hydroxylation is 1. The standard InChI is InChI=1S/C27H28N2O5/c1-19(21-8-4-3-5-9-21)28-27(32)23-10-6-7-11-24(23)29-25(30)18-34-26(31)17-14-20-12-15-22(33-2)16-13-20/h3-13,15-16,19H,14,17-18H2,1-2H3,(H,28,32)(H,29,30). The van der Waals surface area contributed by atoms with E-state index < -0.39 is 18.5 Å². The van der Waals surface area contributed by atoms with Crippen LogP contribution in [0.5, 0.6) is 5.75 Å². The quantitative estimate of drug-likeness (QED) is 0.440. The first-order valence-electron chi connectivity index (χ1n) is 11.0. The third-order valence-corrected chi connectivity index (χ3v) is 5.23. The molecule has 0 aliphatic rings. The molecule has 2 amide bonds. The second-order valence-electron chi connectivity index (χ2n) is 7.71. The summed E-state index contributed by atoms with van der Waals surface area (Å²) in [6.07, 6.45) is 0.642. The Morgan fingerprint density at radius 2 is 1.56 bits per heavy atom. The van der Waals surface area contributed by atoms with Crippen molar-refractivity contribution in [2.75, 3.05) is 19.0 Å². The van der Waals surface area contributed by atoms with Crippen LogP contribution in [0.15, 0.2) is 78.9 Å². The van der Waals surface area contributed by atoms with Gasteiger partial charge in [0.15, 0.2) is 6.61 Å². The minimum absolute atomic E-state index is 0.149. The van der Waals surface area contributed by atoms with Gasteiger partial charge >= 0.3 is 5.97 Å². The maximum atomic E-state index is 12.8. The number of benzene rings is 3. The van der Waals surface area contributed by atoms with Gasteiger partial charge in [0.05, 0.1) is 24.4 Å². The number of rotatable bonds is 10. The summed E-state index contributed by atoms with van der Waals surface area (Å²) in [4.78, 5) is 37.2. The monoisotopic (exact) mass is 460 g/mol. The highest BCUT2D eigenvalue weighted by Gasteiger charge is 2.16. The number of anilines is 1. The molecule has 176 valence electrons. The number of carbonyl (C=O) groups is 3. The number of para-hydroxylation sites is 1. The normalized spacial score (nSPS) is 11.2. The molecule has 0 heterocycles. The topological polar surface area (TPSA) is 93.7 Å². The van der Waals surface area contributed by atoms with Crippen LogP contribution >= 0.6 is 0 Å². The fourth-order valence-corrected chi connectivity index (χ4v) is 3.33. The summed E-state index contributed by atoms with van der Waals surface area (Å²) in [5.74, 6) is -0.571. The van der Waals surface area contributed by atoms with Crippen LogP contribution in [0.3, 0.4) is 0 Å². The predicted octanol–water partition coefficient (Wildman–Crippen LogP) is 4.30. The van der Waals surface area contributed by atoms with Gasteiger partial charge in [-0.05, 0) is 48.7 Å². The zero-order valence-corrected chi connectivity index (χ0v) is 19.2. The Morgan fingerprint density at radius 3 is 2.26 bits per heavy atom. The Labute approximate surface area is 199 Å². The lowest BCUT2D eigenvalue weighted by Crippen LogP contribution is -2.28. The Bertz CT molecular complexity index is 1110. The molecule has 0 saturated carbocycles. The summed E-state index contributed by atoms with van der Waals surface area (Å²) in [6, 6.07) is 23.5. The lowest BCUT2D eigenvalue weighted by Gasteiger charge is -2.16. The highest BCUT2D eigenvalue weighted by atomic mass is 16.5. The van der Waals surface area contributed by atoms with Gasteiger partial charge in [0, 0.05) is 6.42 Å². The lowest BCUT2D eigenvalue weighted by molar-refractivity contribution is -0.147. The number of hydrogen-bond donors (Lipinski definition) is 2. The van der Waals surface area contributed by atoms with Crippen LogP contribution in [-0.2, 0) is 20.7 Å². The third-order valence-electron chi connectivity index (χ3n) is 5.23. The van der Waals surface area contributed by atoms with Crippen molar-refractivity contribution in [3.8, 4) is 5.75 Å². The number of methoxy groups -OCH3 is 1. The smallest absolute Gasteiger partial charge is 0.306 e. The fraction of sp³-hybridized carbons (Fsp3) is 0.222. The van der Waals surface area contributed by atoms with Gasteiger partial charge in [0.25, 0.3) is 11.8 Å². The van der Waals surface area contributed by atoms with Crippen molar-refractivity contribution in [2.45, 2.75) is 25.8 Å². The average Bonchev–Trinajstić information content (AvgIpc) is 2.87. The zero-order valence-electron chi connectivity index (χ0n) is 19.2. The van der Waals surface area contributed by atoms with Crippen molar-refractivity contribution in [3.05, 3.63) is 95.6 Å². The van der Waals surface area contributed by atoms with Crippen molar-refractivity contribution in [3.63, 3.8) is 0 Å². The highest BCUT2D eigenvalue weighted by molar-refractivity contribution is 6.04. The van der Waals surface area contributed by atoms with Crippen LogP contribution < -0.4 is 15.4 Å². The van der Waals surface area contributed by atoms with Crippen molar-refractivity contribution in [2.24, 2.45) is 0 Å². The van der Waals surface area contributed by atoms with Crippen LogP contribution in [0.4, 0.5) is 5.69 Å². The number of nitrogens with one attached hydrogen (secondary N) is 2. The van der Waals surface area contributed by atoms with E-state index in [9.17, 15) is 14.4 Å². The Hall–Kier alpha value is -4.13. The Balaban J connectivity index is 1.49. The van der Waals surface area contributed by atoms with Crippen LogP contribution in [0.25, 0.3) is 0 Å². The van der Waals surface area contributed by atoms with Crippen molar-refractivity contribution >= 4 is 23.5 Å². The van der Waals surface area contributed by atoms with E-state index in [1.165, 1.54) is 0 Å².